The Kier molecular flexibility index (Phi) is 4.04. The van der Waals surface area contributed by atoms with E-state index in [-0.39, 0.29) is 12.1 Å². The van der Waals surface area contributed by atoms with Crippen molar-refractivity contribution in [1.82, 2.24) is 5.32 Å². The van der Waals surface area contributed by atoms with Crippen molar-refractivity contribution in [3.05, 3.63) is 0 Å². The third-order valence-corrected chi connectivity index (χ3v) is 1.90. The molecule has 1 fully saturated rings. The SMILES string of the molecule is COC(=O)CCOC1CCNC1. The molecule has 0 amide bonds. The van der Waals surface area contributed by atoms with E-state index in [4.69, 9.17) is 4.74 Å². The maximum absolute atomic E-state index is 10.7. The molecular weight excluding hydrogens is 158 g/mol. The van der Waals surface area contributed by atoms with E-state index in [2.05, 4.69) is 10.1 Å². The van der Waals surface area contributed by atoms with E-state index in [0.29, 0.717) is 13.0 Å². The molecule has 1 atom stereocenters. The molecule has 1 N–H and O–H groups in total. The van der Waals surface area contributed by atoms with Crippen molar-refractivity contribution >= 4 is 5.97 Å². The minimum Gasteiger partial charge on any atom is -0.469 e. The van der Waals surface area contributed by atoms with Crippen LogP contribution in [0.3, 0.4) is 0 Å². The van der Waals surface area contributed by atoms with Crippen molar-refractivity contribution in [1.29, 1.82) is 0 Å². The van der Waals surface area contributed by atoms with Crippen LogP contribution in [0.15, 0.2) is 0 Å². The molecule has 4 heteroatoms. The Morgan fingerprint density at radius 2 is 2.50 bits per heavy atom. The Hall–Kier alpha value is -0.610. The second kappa shape index (κ2) is 5.11. The van der Waals surface area contributed by atoms with Gasteiger partial charge in [0.15, 0.2) is 0 Å². The lowest BCUT2D eigenvalue weighted by Gasteiger charge is -2.08. The summed E-state index contributed by atoms with van der Waals surface area (Å²) in [5.74, 6) is -0.207. The number of methoxy groups -OCH3 is 1. The van der Waals surface area contributed by atoms with Gasteiger partial charge in [0.1, 0.15) is 0 Å². The molecule has 1 rings (SSSR count). The van der Waals surface area contributed by atoms with Crippen LogP contribution in [0, 0.1) is 0 Å². The van der Waals surface area contributed by atoms with Gasteiger partial charge in [-0.2, -0.15) is 0 Å². The molecule has 1 aliphatic heterocycles. The number of hydrogen-bond acceptors (Lipinski definition) is 4. The zero-order chi connectivity index (χ0) is 8.81. The number of carbonyl (C=O) groups is 1. The highest BCUT2D eigenvalue weighted by atomic mass is 16.5. The summed E-state index contributed by atoms with van der Waals surface area (Å²) >= 11 is 0. The van der Waals surface area contributed by atoms with E-state index in [1.54, 1.807) is 0 Å². The van der Waals surface area contributed by atoms with Crippen molar-refractivity contribution in [3.63, 3.8) is 0 Å². The number of hydrogen-bond donors (Lipinski definition) is 1. The zero-order valence-corrected chi connectivity index (χ0v) is 7.34. The number of ether oxygens (including phenoxy) is 2. The van der Waals surface area contributed by atoms with E-state index in [9.17, 15) is 4.79 Å². The topological polar surface area (TPSA) is 47.6 Å². The van der Waals surface area contributed by atoms with Gasteiger partial charge in [0.05, 0.1) is 26.2 Å². The summed E-state index contributed by atoms with van der Waals surface area (Å²) in [5.41, 5.74) is 0. The fraction of sp³-hybridized carbons (Fsp3) is 0.875. The summed E-state index contributed by atoms with van der Waals surface area (Å²) in [5, 5.41) is 3.18. The molecule has 0 aromatic carbocycles. The molecule has 0 bridgehead atoms. The summed E-state index contributed by atoms with van der Waals surface area (Å²) < 4.78 is 9.89. The molecule has 0 saturated carbocycles. The van der Waals surface area contributed by atoms with Crippen LogP contribution in [0.1, 0.15) is 12.8 Å². The van der Waals surface area contributed by atoms with Crippen LogP contribution in [-0.4, -0.2) is 38.9 Å². The van der Waals surface area contributed by atoms with Crippen LogP contribution in [0.4, 0.5) is 0 Å². The monoisotopic (exact) mass is 173 g/mol. The number of esters is 1. The Bertz CT molecular complexity index is 143. The molecular formula is C8H15NO3. The van der Waals surface area contributed by atoms with Crippen LogP contribution in [0.5, 0.6) is 0 Å². The first kappa shape index (κ1) is 9.48. The van der Waals surface area contributed by atoms with Crippen molar-refractivity contribution in [2.75, 3.05) is 26.8 Å². The molecule has 1 heterocycles. The normalized spacial score (nSPS) is 22.6. The Balaban J connectivity index is 1.97. The number of nitrogens with one attached hydrogen (secondary N) is 1. The standard InChI is InChI=1S/C8H15NO3/c1-11-8(10)3-5-12-7-2-4-9-6-7/h7,9H,2-6H2,1H3. The predicted molar refractivity (Wildman–Crippen MR) is 43.9 cm³/mol. The van der Waals surface area contributed by atoms with Crippen molar-refractivity contribution in [2.45, 2.75) is 18.9 Å². The molecule has 0 aromatic rings. The minimum atomic E-state index is -0.207. The van der Waals surface area contributed by atoms with E-state index in [0.717, 1.165) is 19.5 Å². The first-order valence-electron chi connectivity index (χ1n) is 4.22. The molecule has 12 heavy (non-hydrogen) atoms. The maximum Gasteiger partial charge on any atom is 0.307 e. The van der Waals surface area contributed by atoms with Crippen molar-refractivity contribution in [3.8, 4) is 0 Å². The summed E-state index contributed by atoms with van der Waals surface area (Å²) in [7, 11) is 1.39. The lowest BCUT2D eigenvalue weighted by Crippen LogP contribution is -2.18. The highest BCUT2D eigenvalue weighted by Gasteiger charge is 2.14. The second-order valence-corrected chi connectivity index (χ2v) is 2.81. The lowest BCUT2D eigenvalue weighted by atomic mass is 10.3. The molecule has 1 aliphatic rings. The summed E-state index contributed by atoms with van der Waals surface area (Å²) in [6.45, 7) is 2.39. The molecule has 1 saturated heterocycles. The van der Waals surface area contributed by atoms with Gasteiger partial charge in [0.25, 0.3) is 0 Å². The Morgan fingerprint density at radius 3 is 3.08 bits per heavy atom. The van der Waals surface area contributed by atoms with Gasteiger partial charge in [-0.25, -0.2) is 0 Å². The second-order valence-electron chi connectivity index (χ2n) is 2.81. The van der Waals surface area contributed by atoms with Gasteiger partial charge in [0, 0.05) is 6.54 Å². The molecule has 0 spiro atoms. The van der Waals surface area contributed by atoms with Gasteiger partial charge in [-0.05, 0) is 13.0 Å². The molecule has 1 unspecified atom stereocenters. The van der Waals surface area contributed by atoms with Crippen molar-refractivity contribution in [2.24, 2.45) is 0 Å². The average Bonchev–Trinajstić information content (AvgIpc) is 2.57. The largest absolute Gasteiger partial charge is 0.469 e. The van der Waals surface area contributed by atoms with Gasteiger partial charge in [0.2, 0.25) is 0 Å². The Labute approximate surface area is 72.2 Å². The first-order chi connectivity index (χ1) is 5.83. The quantitative estimate of drug-likeness (QED) is 0.604. The maximum atomic E-state index is 10.7. The highest BCUT2D eigenvalue weighted by molar-refractivity contribution is 5.69. The fourth-order valence-electron chi connectivity index (χ4n) is 1.18. The highest BCUT2D eigenvalue weighted by Crippen LogP contribution is 2.03. The molecule has 70 valence electrons. The number of rotatable bonds is 4. The van der Waals surface area contributed by atoms with Crippen LogP contribution in [0.2, 0.25) is 0 Å². The van der Waals surface area contributed by atoms with Crippen LogP contribution >= 0.6 is 0 Å². The Morgan fingerprint density at radius 1 is 1.67 bits per heavy atom. The van der Waals surface area contributed by atoms with E-state index in [1.807, 2.05) is 0 Å². The summed E-state index contributed by atoms with van der Waals surface area (Å²) in [6, 6.07) is 0. The van der Waals surface area contributed by atoms with Crippen molar-refractivity contribution < 1.29 is 14.3 Å². The minimum absolute atomic E-state index is 0.207. The van der Waals surface area contributed by atoms with E-state index >= 15 is 0 Å². The van der Waals surface area contributed by atoms with Crippen LogP contribution < -0.4 is 5.32 Å². The average molecular weight is 173 g/mol. The van der Waals surface area contributed by atoms with Gasteiger partial charge in [-0.3, -0.25) is 4.79 Å². The molecule has 0 aromatic heterocycles. The third-order valence-electron chi connectivity index (χ3n) is 1.90. The smallest absolute Gasteiger partial charge is 0.307 e. The van der Waals surface area contributed by atoms with Gasteiger partial charge in [-0.1, -0.05) is 0 Å². The van der Waals surface area contributed by atoms with Gasteiger partial charge < -0.3 is 14.8 Å². The van der Waals surface area contributed by atoms with Gasteiger partial charge in [-0.15, -0.1) is 0 Å². The third kappa shape index (κ3) is 3.19. The summed E-state index contributed by atoms with van der Waals surface area (Å²) in [4.78, 5) is 10.7. The van der Waals surface area contributed by atoms with E-state index < -0.39 is 0 Å². The zero-order valence-electron chi connectivity index (χ0n) is 7.34. The number of carbonyl (C=O) groups excluding carboxylic acids is 1. The predicted octanol–water partition coefficient (Wildman–Crippen LogP) is -0.0720. The van der Waals surface area contributed by atoms with Crippen LogP contribution in [-0.2, 0) is 14.3 Å². The molecule has 4 nitrogen and oxygen atoms in total. The molecule has 0 radical (unpaired) electrons. The first-order valence-corrected chi connectivity index (χ1v) is 4.22. The van der Waals surface area contributed by atoms with E-state index in [1.165, 1.54) is 7.11 Å². The lowest BCUT2D eigenvalue weighted by molar-refractivity contribution is -0.142. The summed E-state index contributed by atoms with van der Waals surface area (Å²) in [6.07, 6.45) is 1.68. The van der Waals surface area contributed by atoms with Gasteiger partial charge >= 0.3 is 5.97 Å². The fourth-order valence-corrected chi connectivity index (χ4v) is 1.18. The van der Waals surface area contributed by atoms with Crippen LogP contribution in [0.25, 0.3) is 0 Å². The molecule has 0 aliphatic carbocycles.